The van der Waals surface area contributed by atoms with Gasteiger partial charge in [-0.2, -0.15) is 0 Å². The van der Waals surface area contributed by atoms with Gasteiger partial charge in [0.2, 0.25) is 0 Å². The van der Waals surface area contributed by atoms with Crippen molar-refractivity contribution in [2.75, 3.05) is 20.2 Å². The summed E-state index contributed by atoms with van der Waals surface area (Å²) in [6.45, 7) is 2.72. The minimum atomic E-state index is -0.495. The highest BCUT2D eigenvalue weighted by Gasteiger charge is 2.05. The van der Waals surface area contributed by atoms with Crippen LogP contribution in [0.2, 0.25) is 5.02 Å². The molecule has 0 spiro atoms. The molecule has 1 unspecified atom stereocenters. The molecule has 84 valence electrons. The maximum Gasteiger partial charge on any atom is 0.122 e. The highest BCUT2D eigenvalue weighted by atomic mass is 35.5. The number of aryl methyl sites for hydroxylation is 1. The molecule has 15 heavy (non-hydrogen) atoms. The van der Waals surface area contributed by atoms with Crippen LogP contribution >= 0.6 is 11.6 Å². The van der Waals surface area contributed by atoms with Crippen molar-refractivity contribution in [1.29, 1.82) is 0 Å². The van der Waals surface area contributed by atoms with Crippen LogP contribution in [0.3, 0.4) is 0 Å². The Labute approximate surface area is 95.0 Å². The van der Waals surface area contributed by atoms with E-state index in [0.717, 1.165) is 11.3 Å². The van der Waals surface area contributed by atoms with E-state index in [1.165, 1.54) is 0 Å². The number of ether oxygens (including phenoxy) is 1. The van der Waals surface area contributed by atoms with Gasteiger partial charge in [0.25, 0.3) is 0 Å². The van der Waals surface area contributed by atoms with E-state index in [0.29, 0.717) is 11.6 Å². The van der Waals surface area contributed by atoms with Gasteiger partial charge in [0.1, 0.15) is 18.5 Å². The molecular formula is C11H16ClNO2. The van der Waals surface area contributed by atoms with Crippen molar-refractivity contribution in [2.24, 2.45) is 0 Å². The molecule has 1 aromatic rings. The van der Waals surface area contributed by atoms with Crippen LogP contribution in [0.5, 0.6) is 5.75 Å². The maximum absolute atomic E-state index is 9.44. The monoisotopic (exact) mass is 229 g/mol. The van der Waals surface area contributed by atoms with Gasteiger partial charge in [-0.15, -0.1) is 0 Å². The lowest BCUT2D eigenvalue weighted by atomic mass is 10.2. The highest BCUT2D eigenvalue weighted by molar-refractivity contribution is 6.30. The molecule has 0 bridgehead atoms. The Hall–Kier alpha value is -0.770. The Morgan fingerprint density at radius 3 is 2.87 bits per heavy atom. The van der Waals surface area contributed by atoms with E-state index < -0.39 is 6.10 Å². The number of hydrogen-bond donors (Lipinski definition) is 2. The van der Waals surface area contributed by atoms with Crippen molar-refractivity contribution in [1.82, 2.24) is 5.32 Å². The summed E-state index contributed by atoms with van der Waals surface area (Å²) in [5.74, 6) is 0.759. The van der Waals surface area contributed by atoms with Gasteiger partial charge >= 0.3 is 0 Å². The van der Waals surface area contributed by atoms with Crippen LogP contribution < -0.4 is 10.1 Å². The molecule has 1 aromatic carbocycles. The van der Waals surface area contributed by atoms with Gasteiger partial charge in [-0.1, -0.05) is 11.6 Å². The molecule has 1 rings (SSSR count). The summed E-state index contributed by atoms with van der Waals surface area (Å²) < 4.78 is 5.46. The molecule has 3 nitrogen and oxygen atoms in total. The predicted molar refractivity (Wildman–Crippen MR) is 61.6 cm³/mol. The molecule has 0 fully saturated rings. The number of aliphatic hydroxyl groups is 1. The first-order chi connectivity index (χ1) is 7.13. The number of likely N-dealkylation sites (N-methyl/N-ethyl adjacent to an activating group) is 1. The first kappa shape index (κ1) is 12.3. The second-order valence-corrected chi connectivity index (χ2v) is 3.87. The van der Waals surface area contributed by atoms with E-state index in [9.17, 15) is 5.11 Å². The fourth-order valence-corrected chi connectivity index (χ4v) is 1.48. The van der Waals surface area contributed by atoms with Crippen molar-refractivity contribution >= 4 is 11.6 Å². The smallest absolute Gasteiger partial charge is 0.122 e. The molecular weight excluding hydrogens is 214 g/mol. The van der Waals surface area contributed by atoms with Crippen LogP contribution in [0.25, 0.3) is 0 Å². The molecule has 0 saturated carbocycles. The SMILES string of the molecule is CNCC(O)COc1ccc(Cl)cc1C. The van der Waals surface area contributed by atoms with Gasteiger partial charge in [0.05, 0.1) is 0 Å². The lowest BCUT2D eigenvalue weighted by Crippen LogP contribution is -2.29. The zero-order valence-electron chi connectivity index (χ0n) is 8.96. The molecule has 2 N–H and O–H groups in total. The molecule has 0 aliphatic heterocycles. The quantitative estimate of drug-likeness (QED) is 0.806. The van der Waals surface area contributed by atoms with Crippen LogP contribution in [0, 0.1) is 6.92 Å². The van der Waals surface area contributed by atoms with Crippen molar-refractivity contribution in [3.63, 3.8) is 0 Å². The largest absolute Gasteiger partial charge is 0.491 e. The van der Waals surface area contributed by atoms with Crippen LogP contribution in [0.1, 0.15) is 5.56 Å². The van der Waals surface area contributed by atoms with Gasteiger partial charge in [0, 0.05) is 11.6 Å². The Morgan fingerprint density at radius 2 is 2.27 bits per heavy atom. The fraction of sp³-hybridized carbons (Fsp3) is 0.455. The van der Waals surface area contributed by atoms with Gasteiger partial charge in [-0.3, -0.25) is 0 Å². The summed E-state index contributed by atoms with van der Waals surface area (Å²) in [6, 6.07) is 5.42. The average molecular weight is 230 g/mol. The number of benzene rings is 1. The molecule has 0 aliphatic carbocycles. The Morgan fingerprint density at radius 1 is 1.53 bits per heavy atom. The van der Waals surface area contributed by atoms with Gasteiger partial charge in [-0.05, 0) is 37.7 Å². The van der Waals surface area contributed by atoms with Crippen LogP contribution in [0.15, 0.2) is 18.2 Å². The Balaban J connectivity index is 2.50. The van der Waals surface area contributed by atoms with E-state index >= 15 is 0 Å². The molecule has 0 amide bonds. The highest BCUT2D eigenvalue weighted by Crippen LogP contribution is 2.21. The van der Waals surface area contributed by atoms with Crippen LogP contribution in [-0.2, 0) is 0 Å². The van der Waals surface area contributed by atoms with Crippen LogP contribution in [0.4, 0.5) is 0 Å². The third-order valence-electron chi connectivity index (χ3n) is 2.01. The molecule has 0 aromatic heterocycles. The van der Waals surface area contributed by atoms with E-state index in [-0.39, 0.29) is 6.61 Å². The standard InChI is InChI=1S/C11H16ClNO2/c1-8-5-9(12)3-4-11(8)15-7-10(14)6-13-2/h3-5,10,13-14H,6-7H2,1-2H3. The van der Waals surface area contributed by atoms with Crippen molar-refractivity contribution in [3.8, 4) is 5.75 Å². The Bertz CT molecular complexity index is 317. The summed E-state index contributed by atoms with van der Waals surface area (Å²) >= 11 is 5.81. The third-order valence-corrected chi connectivity index (χ3v) is 2.24. The van der Waals surface area contributed by atoms with E-state index in [4.69, 9.17) is 16.3 Å². The van der Waals surface area contributed by atoms with Crippen molar-refractivity contribution in [3.05, 3.63) is 28.8 Å². The zero-order valence-corrected chi connectivity index (χ0v) is 9.71. The average Bonchev–Trinajstić information content (AvgIpc) is 2.17. The van der Waals surface area contributed by atoms with Gasteiger partial charge in [-0.25, -0.2) is 0 Å². The maximum atomic E-state index is 9.44. The second kappa shape index (κ2) is 5.95. The number of halogens is 1. The molecule has 1 atom stereocenters. The number of hydrogen-bond acceptors (Lipinski definition) is 3. The lowest BCUT2D eigenvalue weighted by molar-refractivity contribution is 0.108. The zero-order chi connectivity index (χ0) is 11.3. The minimum absolute atomic E-state index is 0.281. The summed E-state index contributed by atoms with van der Waals surface area (Å²) in [4.78, 5) is 0. The van der Waals surface area contributed by atoms with Crippen molar-refractivity contribution < 1.29 is 9.84 Å². The topological polar surface area (TPSA) is 41.5 Å². The first-order valence-corrected chi connectivity index (χ1v) is 5.23. The van der Waals surface area contributed by atoms with Gasteiger partial charge < -0.3 is 15.2 Å². The van der Waals surface area contributed by atoms with Crippen LogP contribution in [-0.4, -0.2) is 31.4 Å². The number of nitrogens with one attached hydrogen (secondary N) is 1. The van der Waals surface area contributed by atoms with E-state index in [2.05, 4.69) is 5.32 Å². The molecule has 0 saturated heterocycles. The number of aliphatic hydroxyl groups excluding tert-OH is 1. The summed E-state index contributed by atoms with van der Waals surface area (Å²) in [7, 11) is 1.79. The minimum Gasteiger partial charge on any atom is -0.491 e. The fourth-order valence-electron chi connectivity index (χ4n) is 1.26. The molecule has 0 radical (unpaired) electrons. The van der Waals surface area contributed by atoms with Crippen molar-refractivity contribution in [2.45, 2.75) is 13.0 Å². The second-order valence-electron chi connectivity index (χ2n) is 3.43. The lowest BCUT2D eigenvalue weighted by Gasteiger charge is -2.13. The summed E-state index contributed by atoms with van der Waals surface area (Å²) in [5, 5.41) is 13.0. The van der Waals surface area contributed by atoms with Gasteiger partial charge in [0.15, 0.2) is 0 Å². The first-order valence-electron chi connectivity index (χ1n) is 4.85. The Kier molecular flexibility index (Phi) is 4.88. The molecule has 0 heterocycles. The predicted octanol–water partition coefficient (Wildman–Crippen LogP) is 1.61. The third kappa shape index (κ3) is 4.08. The summed E-state index contributed by atoms with van der Waals surface area (Å²) in [5.41, 5.74) is 0.971. The van der Waals surface area contributed by atoms with E-state index in [1.807, 2.05) is 19.1 Å². The molecule has 0 aliphatic rings. The molecule has 4 heteroatoms. The summed E-state index contributed by atoms with van der Waals surface area (Å²) in [6.07, 6.45) is -0.495. The normalized spacial score (nSPS) is 12.5. The number of rotatable bonds is 5. The van der Waals surface area contributed by atoms with E-state index in [1.54, 1.807) is 13.1 Å².